The molecule has 1 heterocycles. The van der Waals surface area contributed by atoms with E-state index in [9.17, 15) is 9.59 Å². The van der Waals surface area contributed by atoms with Gasteiger partial charge in [-0.2, -0.15) is 0 Å². The number of likely N-dealkylation sites (N-methyl/N-ethyl adjacent to an activating group) is 1. The van der Waals surface area contributed by atoms with Crippen molar-refractivity contribution in [2.45, 2.75) is 52.5 Å². The number of hydrogen-bond acceptors (Lipinski definition) is 4. The summed E-state index contributed by atoms with van der Waals surface area (Å²) in [5.74, 6) is 0.136. The highest BCUT2D eigenvalue weighted by molar-refractivity contribution is 5.91. The lowest BCUT2D eigenvalue weighted by molar-refractivity contribution is -0.131. The molecule has 0 atom stereocenters. The van der Waals surface area contributed by atoms with Gasteiger partial charge in [0.15, 0.2) is 0 Å². The molecular formula is C23H38N4O2. The molecule has 2 rings (SSSR count). The highest BCUT2D eigenvalue weighted by atomic mass is 16.2. The van der Waals surface area contributed by atoms with Crippen LogP contribution in [0.4, 0.5) is 5.69 Å². The summed E-state index contributed by atoms with van der Waals surface area (Å²) in [7, 11) is 2.16. The number of nitrogens with zero attached hydrogens (tertiary/aromatic N) is 3. The maximum absolute atomic E-state index is 12.3. The van der Waals surface area contributed by atoms with E-state index in [1.165, 1.54) is 5.56 Å². The maximum atomic E-state index is 12.3. The zero-order valence-electron chi connectivity index (χ0n) is 18.5. The average molecular weight is 403 g/mol. The second-order valence-electron chi connectivity index (χ2n) is 8.06. The van der Waals surface area contributed by atoms with Crippen molar-refractivity contribution >= 4 is 17.5 Å². The summed E-state index contributed by atoms with van der Waals surface area (Å²) in [4.78, 5) is 31.2. The monoisotopic (exact) mass is 402 g/mol. The van der Waals surface area contributed by atoms with Crippen LogP contribution >= 0.6 is 0 Å². The number of carbonyl (C=O) groups is 2. The summed E-state index contributed by atoms with van der Waals surface area (Å²) >= 11 is 0. The van der Waals surface area contributed by atoms with Gasteiger partial charge < -0.3 is 15.1 Å². The topological polar surface area (TPSA) is 55.9 Å². The van der Waals surface area contributed by atoms with Crippen molar-refractivity contribution in [2.24, 2.45) is 0 Å². The first-order valence-electron chi connectivity index (χ1n) is 11.1. The average Bonchev–Trinajstić information content (AvgIpc) is 2.71. The second kappa shape index (κ2) is 12.6. The van der Waals surface area contributed by atoms with Gasteiger partial charge in [0.2, 0.25) is 11.8 Å². The van der Waals surface area contributed by atoms with E-state index < -0.39 is 0 Å². The largest absolute Gasteiger partial charge is 0.343 e. The summed E-state index contributed by atoms with van der Waals surface area (Å²) in [6.45, 7) is 11.2. The minimum absolute atomic E-state index is 0.0258. The summed E-state index contributed by atoms with van der Waals surface area (Å²) in [5, 5.41) is 2.95. The van der Waals surface area contributed by atoms with Gasteiger partial charge in [-0.25, -0.2) is 0 Å². The Morgan fingerprint density at radius 2 is 1.59 bits per heavy atom. The normalized spacial score (nSPS) is 15.3. The number of nitrogens with one attached hydrogen (secondary N) is 1. The van der Waals surface area contributed by atoms with Crippen LogP contribution in [0.15, 0.2) is 24.3 Å². The van der Waals surface area contributed by atoms with Gasteiger partial charge in [0.25, 0.3) is 0 Å². The highest BCUT2D eigenvalue weighted by Gasteiger charge is 2.14. The number of carbonyl (C=O) groups excluding carboxylic acids is 2. The molecule has 1 N–H and O–H groups in total. The van der Waals surface area contributed by atoms with Crippen molar-refractivity contribution in [3.05, 3.63) is 29.8 Å². The Morgan fingerprint density at radius 3 is 2.17 bits per heavy atom. The molecule has 0 radical (unpaired) electrons. The number of hydrogen-bond donors (Lipinski definition) is 1. The third-order valence-corrected chi connectivity index (χ3v) is 5.37. The number of amides is 2. The van der Waals surface area contributed by atoms with Gasteiger partial charge in [0.05, 0.1) is 0 Å². The Kier molecular flexibility index (Phi) is 10.2. The molecule has 0 saturated carbocycles. The molecule has 1 aliphatic heterocycles. The van der Waals surface area contributed by atoms with Gasteiger partial charge in [-0.15, -0.1) is 0 Å². The lowest BCUT2D eigenvalue weighted by Gasteiger charge is -2.32. The molecule has 29 heavy (non-hydrogen) atoms. The van der Waals surface area contributed by atoms with E-state index in [4.69, 9.17) is 0 Å². The predicted molar refractivity (Wildman–Crippen MR) is 119 cm³/mol. The smallest absolute Gasteiger partial charge is 0.224 e. The Morgan fingerprint density at radius 1 is 0.966 bits per heavy atom. The van der Waals surface area contributed by atoms with Crippen molar-refractivity contribution in [3.8, 4) is 0 Å². The first-order valence-corrected chi connectivity index (χ1v) is 11.1. The van der Waals surface area contributed by atoms with Crippen LogP contribution in [0.2, 0.25) is 0 Å². The molecular weight excluding hydrogens is 364 g/mol. The van der Waals surface area contributed by atoms with Crippen molar-refractivity contribution in [1.29, 1.82) is 0 Å². The van der Waals surface area contributed by atoms with E-state index in [1.54, 1.807) is 0 Å². The maximum Gasteiger partial charge on any atom is 0.224 e. The van der Waals surface area contributed by atoms with Crippen molar-refractivity contribution < 1.29 is 9.59 Å². The molecule has 1 aromatic carbocycles. The molecule has 0 unspecified atom stereocenters. The predicted octanol–water partition coefficient (Wildman–Crippen LogP) is 3.19. The number of piperazine rings is 1. The lowest BCUT2D eigenvalue weighted by atomic mass is 10.1. The zero-order valence-corrected chi connectivity index (χ0v) is 18.5. The van der Waals surface area contributed by atoms with Crippen LogP contribution < -0.4 is 5.32 Å². The fourth-order valence-corrected chi connectivity index (χ4v) is 3.64. The van der Waals surface area contributed by atoms with E-state index in [1.807, 2.05) is 17.0 Å². The molecule has 6 nitrogen and oxygen atoms in total. The molecule has 1 fully saturated rings. The standard InChI is InChI=1S/C23H38N4O2/c1-4-13-27(14-5-2)23(29)8-6-7-22(28)24-21-11-9-20(10-12-21)19-26-17-15-25(3)16-18-26/h9-12H,4-8,13-19H2,1-3H3,(H,24,28). The van der Waals surface area contributed by atoms with Crippen LogP contribution in [0, 0.1) is 0 Å². The van der Waals surface area contributed by atoms with Gasteiger partial charge >= 0.3 is 0 Å². The Labute approximate surface area is 176 Å². The second-order valence-corrected chi connectivity index (χ2v) is 8.06. The SMILES string of the molecule is CCCN(CCC)C(=O)CCCC(=O)Nc1ccc(CN2CCN(C)CC2)cc1. The Hall–Kier alpha value is -1.92. The summed E-state index contributed by atoms with van der Waals surface area (Å²) < 4.78 is 0. The van der Waals surface area contributed by atoms with E-state index in [2.05, 4.69) is 48.1 Å². The summed E-state index contributed by atoms with van der Waals surface area (Å²) in [6, 6.07) is 8.12. The molecule has 1 saturated heterocycles. The van der Waals surface area contributed by atoms with Gasteiger partial charge in [-0.1, -0.05) is 26.0 Å². The molecule has 2 amide bonds. The number of benzene rings is 1. The molecule has 1 aliphatic rings. The molecule has 0 bridgehead atoms. The summed E-state index contributed by atoms with van der Waals surface area (Å²) in [6.07, 6.45) is 3.35. The summed E-state index contributed by atoms with van der Waals surface area (Å²) in [5.41, 5.74) is 2.09. The fraction of sp³-hybridized carbons (Fsp3) is 0.652. The molecule has 0 spiro atoms. The van der Waals surface area contributed by atoms with Crippen LogP contribution in [-0.2, 0) is 16.1 Å². The van der Waals surface area contributed by atoms with Gasteiger partial charge in [-0.05, 0) is 44.0 Å². The molecule has 0 aromatic heterocycles. The Bertz CT molecular complexity index is 618. The minimum atomic E-state index is -0.0258. The first kappa shape index (κ1) is 23.4. The lowest BCUT2D eigenvalue weighted by Crippen LogP contribution is -2.43. The Balaban J connectivity index is 1.70. The molecule has 162 valence electrons. The molecule has 0 aliphatic carbocycles. The zero-order chi connectivity index (χ0) is 21.1. The van der Waals surface area contributed by atoms with E-state index >= 15 is 0 Å². The van der Waals surface area contributed by atoms with Crippen molar-refractivity contribution in [2.75, 3.05) is 51.6 Å². The van der Waals surface area contributed by atoms with Gasteiger partial charge in [-0.3, -0.25) is 14.5 Å². The van der Waals surface area contributed by atoms with Gasteiger partial charge in [0, 0.05) is 64.3 Å². The van der Waals surface area contributed by atoms with E-state index in [0.717, 1.165) is 64.3 Å². The van der Waals surface area contributed by atoms with Crippen LogP contribution in [-0.4, -0.2) is 72.8 Å². The van der Waals surface area contributed by atoms with Crippen LogP contribution in [0.25, 0.3) is 0 Å². The van der Waals surface area contributed by atoms with Crippen LogP contribution in [0.5, 0.6) is 0 Å². The quantitative estimate of drug-likeness (QED) is 0.618. The molecule has 6 heteroatoms. The van der Waals surface area contributed by atoms with E-state index in [-0.39, 0.29) is 11.8 Å². The van der Waals surface area contributed by atoms with Crippen LogP contribution in [0.1, 0.15) is 51.5 Å². The molecule has 1 aromatic rings. The van der Waals surface area contributed by atoms with Gasteiger partial charge in [0.1, 0.15) is 0 Å². The minimum Gasteiger partial charge on any atom is -0.343 e. The van der Waals surface area contributed by atoms with Crippen molar-refractivity contribution in [3.63, 3.8) is 0 Å². The highest BCUT2D eigenvalue weighted by Crippen LogP contribution is 2.14. The van der Waals surface area contributed by atoms with Crippen LogP contribution in [0.3, 0.4) is 0 Å². The third kappa shape index (κ3) is 8.54. The third-order valence-electron chi connectivity index (χ3n) is 5.37. The van der Waals surface area contributed by atoms with Crippen molar-refractivity contribution in [1.82, 2.24) is 14.7 Å². The first-order chi connectivity index (χ1) is 14.0. The fourth-order valence-electron chi connectivity index (χ4n) is 3.64. The number of rotatable bonds is 11. The van der Waals surface area contributed by atoms with E-state index in [0.29, 0.717) is 19.3 Å². The number of anilines is 1.